The second kappa shape index (κ2) is 24.7. The average Bonchev–Trinajstić information content (AvgIpc) is 4.27. The molecular formula is C55H75N11O11. The molecule has 5 aromatic rings. The molecule has 0 bridgehead atoms. The number of hydrogen-bond donors (Lipinski definition) is 3. The molecule has 7 heterocycles. The minimum Gasteiger partial charge on any atom is -0.458 e. The fourth-order valence-electron chi connectivity index (χ4n) is 11.4. The van der Waals surface area contributed by atoms with E-state index in [0.717, 1.165) is 34.6 Å². The molecule has 1 aromatic carbocycles. The number of ketones is 2. The molecule has 0 radical (unpaired) electrons. The first-order chi connectivity index (χ1) is 36.9. The van der Waals surface area contributed by atoms with E-state index in [4.69, 9.17) is 23.7 Å². The Balaban J connectivity index is 0.950. The number of aliphatic hydroxyl groups excluding tert-OH is 2. The Morgan fingerprint density at radius 3 is 2.43 bits per heavy atom. The Bertz CT molecular complexity index is 2770. The Morgan fingerprint density at radius 2 is 1.73 bits per heavy atom. The fraction of sp³-hybridized carbons (Fsp3) is 0.600. The number of ether oxygens (including phenoxy) is 5. The normalized spacial score (nSPS) is 31.3. The lowest BCUT2D eigenvalue weighted by Gasteiger charge is -2.54. The summed E-state index contributed by atoms with van der Waals surface area (Å²) >= 11 is 0. The number of benzene rings is 1. The van der Waals surface area contributed by atoms with Gasteiger partial charge in [-0.25, -0.2) is 9.67 Å². The number of aliphatic hydroxyl groups is 2. The lowest BCUT2D eigenvalue weighted by atomic mass is 9.65. The topological polar surface area (TPSA) is 262 Å². The Morgan fingerprint density at radius 1 is 0.961 bits per heavy atom. The van der Waals surface area contributed by atoms with E-state index < -0.39 is 83.3 Å². The number of esters is 1. The lowest BCUT2D eigenvalue weighted by molar-refractivity contribution is -0.296. The highest BCUT2D eigenvalue weighted by Gasteiger charge is 2.59. The van der Waals surface area contributed by atoms with Crippen molar-refractivity contribution < 1.29 is 53.1 Å². The number of carbonyl (C=O) groups excluding carboxylic acids is 4. The zero-order chi connectivity index (χ0) is 55.2. The summed E-state index contributed by atoms with van der Waals surface area (Å²) in [5, 5.41) is 41.8. The average molecular weight is 1070 g/mol. The quantitative estimate of drug-likeness (QED) is 0.0604. The molecule has 8 rings (SSSR count). The van der Waals surface area contributed by atoms with Gasteiger partial charge in [0, 0.05) is 87.4 Å². The number of Topliss-reactive ketones (excluding diaryl/α,β-unsaturated/α-hetero) is 2. The van der Waals surface area contributed by atoms with E-state index in [9.17, 15) is 24.6 Å². The summed E-state index contributed by atoms with van der Waals surface area (Å²) in [5.74, 6) is -5.12. The number of carbonyl (C=O) groups is 4. The third-order valence-corrected chi connectivity index (χ3v) is 16.3. The van der Waals surface area contributed by atoms with E-state index >= 15 is 4.79 Å². The van der Waals surface area contributed by atoms with E-state index in [1.54, 1.807) is 57.3 Å². The first-order valence-corrected chi connectivity index (χ1v) is 26.7. The number of aromatic nitrogens is 9. The zero-order valence-corrected chi connectivity index (χ0v) is 45.5. The van der Waals surface area contributed by atoms with Crippen LogP contribution in [-0.4, -0.2) is 164 Å². The van der Waals surface area contributed by atoms with Crippen LogP contribution in [0.3, 0.4) is 0 Å². The van der Waals surface area contributed by atoms with Crippen LogP contribution in [0.2, 0.25) is 0 Å². The van der Waals surface area contributed by atoms with Crippen LogP contribution in [0.15, 0.2) is 73.7 Å². The molecule has 77 heavy (non-hydrogen) atoms. The maximum absolute atomic E-state index is 15.1. The molecule has 416 valence electrons. The van der Waals surface area contributed by atoms with Gasteiger partial charge in [0.15, 0.2) is 17.7 Å². The van der Waals surface area contributed by atoms with Gasteiger partial charge < -0.3 is 48.7 Å². The van der Waals surface area contributed by atoms with Gasteiger partial charge in [-0.2, -0.15) is 0 Å². The molecule has 14 atom stereocenters. The second-order valence-electron chi connectivity index (χ2n) is 21.7. The van der Waals surface area contributed by atoms with Crippen LogP contribution in [0.5, 0.6) is 0 Å². The SMILES string of the molecule is CO[C@]1(C)C[C@@H](C)C(=O)[C@@H]2C(CCCn3cnc(-c4cccnc4)c3)N[C@@H]2[C@](C)(OC=O)[C@@H](C)OC(=O)[C@H](C)C(=O)[C@H](C)[C@H]1O[C@@H]1O[C@H](C)C[C@H](N(C)CCc2cn(CCc3ccc(-n4cc(CO)nn4)cc3)nn2)[C@H]1O. The predicted molar refractivity (Wildman–Crippen MR) is 279 cm³/mol. The number of methoxy groups -OCH3 is 1. The minimum atomic E-state index is -1.48. The van der Waals surface area contributed by atoms with Gasteiger partial charge in [-0.3, -0.25) is 28.8 Å². The molecule has 3 aliphatic heterocycles. The predicted octanol–water partition coefficient (Wildman–Crippen LogP) is 3.73. The number of cyclic esters (lactones) is 1. The van der Waals surface area contributed by atoms with Gasteiger partial charge in [-0.1, -0.05) is 36.4 Å². The second-order valence-corrected chi connectivity index (χ2v) is 21.7. The Labute approximate surface area is 449 Å². The van der Waals surface area contributed by atoms with E-state index in [1.807, 2.05) is 83.8 Å². The maximum Gasteiger partial charge on any atom is 0.316 e. The van der Waals surface area contributed by atoms with Gasteiger partial charge >= 0.3 is 5.97 Å². The summed E-state index contributed by atoms with van der Waals surface area (Å²) in [6.45, 7) is 13.8. The van der Waals surface area contributed by atoms with Crippen LogP contribution in [0, 0.1) is 23.7 Å². The summed E-state index contributed by atoms with van der Waals surface area (Å²) < 4.78 is 36.7. The standard InChI is InChI=1S/C55H75N11O11/c1-33-25-54(6,73-9)51(77-53-49(71)45(24-34(2)75-53)63(8)22-19-40-27-65(61-59-40)23-18-38-14-16-42(17-15-38)66-28-41(30-67)60-62-66)35(3)48(70)36(4)52(72)76-37(5)55(7,74-32-68)50-46(47(33)69)43(58-50)13-11-21-64-29-44(57-31-64)39-12-10-20-56-26-39/h10,12,14-17,20,26-29,31-37,43,45-46,49-51,53,58,67,71H,11,13,18-19,21-25,30H2,1-9H3/t33-,34-,35+,36-,37-,43?,45+,46+,49-,50+,51-,53+,54-,55-/m1/s1. The molecule has 0 amide bonds. The number of nitrogens with zero attached hydrogens (tertiary/aromatic N) is 10. The molecule has 22 heteroatoms. The molecule has 3 saturated heterocycles. The van der Waals surface area contributed by atoms with Crippen molar-refractivity contribution in [2.45, 2.75) is 167 Å². The highest BCUT2D eigenvalue weighted by Crippen LogP contribution is 2.43. The smallest absolute Gasteiger partial charge is 0.316 e. The molecule has 3 fully saturated rings. The molecule has 4 aromatic heterocycles. The van der Waals surface area contributed by atoms with Crippen molar-refractivity contribution in [3.63, 3.8) is 0 Å². The molecule has 22 nitrogen and oxygen atoms in total. The number of aryl methyl sites for hydroxylation is 3. The highest BCUT2D eigenvalue weighted by atomic mass is 16.7. The van der Waals surface area contributed by atoms with Crippen LogP contribution in [0.4, 0.5) is 0 Å². The van der Waals surface area contributed by atoms with E-state index in [1.165, 1.54) is 14.0 Å². The molecule has 1 unspecified atom stereocenters. The fourth-order valence-corrected chi connectivity index (χ4v) is 11.4. The van der Waals surface area contributed by atoms with Gasteiger partial charge in [-0.05, 0) is 104 Å². The summed E-state index contributed by atoms with van der Waals surface area (Å²) in [4.78, 5) is 66.6. The van der Waals surface area contributed by atoms with Crippen molar-refractivity contribution in [3.8, 4) is 16.9 Å². The first-order valence-electron chi connectivity index (χ1n) is 26.7. The summed E-state index contributed by atoms with van der Waals surface area (Å²) in [6.07, 6.45) is 8.97. The number of fused-ring (bicyclic) bond motifs is 1. The van der Waals surface area contributed by atoms with Crippen LogP contribution < -0.4 is 5.32 Å². The van der Waals surface area contributed by atoms with Gasteiger partial charge in [-0.15, -0.1) is 10.2 Å². The first kappa shape index (κ1) is 57.0. The number of hydrogen-bond acceptors (Lipinski definition) is 19. The third kappa shape index (κ3) is 12.7. The van der Waals surface area contributed by atoms with Crippen molar-refractivity contribution in [2.24, 2.45) is 23.7 Å². The molecule has 0 spiro atoms. The van der Waals surface area contributed by atoms with Crippen molar-refractivity contribution in [1.82, 2.24) is 54.7 Å². The lowest BCUT2D eigenvalue weighted by Crippen LogP contribution is -2.75. The summed E-state index contributed by atoms with van der Waals surface area (Å²) in [5.41, 5.74) is 2.10. The molecule has 3 N–H and O–H groups in total. The van der Waals surface area contributed by atoms with Crippen LogP contribution in [0.1, 0.15) is 91.1 Å². The van der Waals surface area contributed by atoms with Gasteiger partial charge in [0.25, 0.3) is 6.47 Å². The molecule has 3 aliphatic rings. The number of likely N-dealkylation sites (N-methyl/N-ethyl adjacent to an activating group) is 1. The van der Waals surface area contributed by atoms with Crippen molar-refractivity contribution in [3.05, 3.63) is 90.7 Å². The van der Waals surface area contributed by atoms with Crippen molar-refractivity contribution in [2.75, 3.05) is 20.7 Å². The number of pyridine rings is 1. The third-order valence-electron chi connectivity index (χ3n) is 16.3. The highest BCUT2D eigenvalue weighted by molar-refractivity contribution is 6.00. The summed E-state index contributed by atoms with van der Waals surface area (Å²) in [7, 11) is 3.42. The van der Waals surface area contributed by atoms with E-state index in [2.05, 4.69) is 35.9 Å². The monoisotopic (exact) mass is 1070 g/mol. The van der Waals surface area contributed by atoms with Crippen molar-refractivity contribution in [1.29, 1.82) is 0 Å². The molecular weight excluding hydrogens is 991 g/mol. The van der Waals surface area contributed by atoms with Gasteiger partial charge in [0.2, 0.25) is 0 Å². The zero-order valence-electron chi connectivity index (χ0n) is 45.5. The van der Waals surface area contributed by atoms with Crippen LogP contribution in [0.25, 0.3) is 16.9 Å². The van der Waals surface area contributed by atoms with Gasteiger partial charge in [0.1, 0.15) is 29.6 Å². The van der Waals surface area contributed by atoms with Crippen molar-refractivity contribution >= 4 is 24.0 Å². The number of rotatable bonds is 19. The van der Waals surface area contributed by atoms with E-state index in [0.29, 0.717) is 57.5 Å². The maximum atomic E-state index is 15.1. The van der Waals surface area contributed by atoms with Crippen LogP contribution >= 0.6 is 0 Å². The number of imidazole rings is 1. The minimum absolute atomic E-state index is 0.0951. The molecule has 0 saturated carbocycles. The Hall–Kier alpha value is -6.14. The number of nitrogens with one attached hydrogen (secondary N) is 1. The molecule has 0 aliphatic carbocycles. The van der Waals surface area contributed by atoms with E-state index in [-0.39, 0.29) is 31.0 Å². The van der Waals surface area contributed by atoms with Gasteiger partial charge in [0.05, 0.1) is 66.0 Å². The Kier molecular flexibility index (Phi) is 18.3. The van der Waals surface area contributed by atoms with Crippen LogP contribution in [-0.2, 0) is 75.4 Å². The summed E-state index contributed by atoms with van der Waals surface area (Å²) in [6, 6.07) is 10.2. The largest absolute Gasteiger partial charge is 0.458 e.